The van der Waals surface area contributed by atoms with Crippen LogP contribution >= 0.6 is 0 Å². The highest BCUT2D eigenvalue weighted by atomic mass is 32.2. The van der Waals surface area contributed by atoms with Gasteiger partial charge in [0, 0.05) is 19.5 Å². The number of aryl methyl sites for hydroxylation is 1. The van der Waals surface area contributed by atoms with Crippen molar-refractivity contribution in [3.63, 3.8) is 0 Å². The Morgan fingerprint density at radius 3 is 2.35 bits per heavy atom. The van der Waals surface area contributed by atoms with Crippen LogP contribution in [0.25, 0.3) is 0 Å². The van der Waals surface area contributed by atoms with Crippen LogP contribution in [0.5, 0.6) is 0 Å². The summed E-state index contributed by atoms with van der Waals surface area (Å²) in [6.07, 6.45) is -4.12. The molecule has 2 rings (SSSR count). The van der Waals surface area contributed by atoms with E-state index in [-0.39, 0.29) is 17.9 Å². The number of carbonyl (C=O) groups is 1. The normalized spacial score (nSPS) is 17.6. The first-order valence-electron chi connectivity index (χ1n) is 7.03. The molecule has 1 atom stereocenters. The van der Waals surface area contributed by atoms with Crippen LogP contribution in [-0.2, 0) is 14.8 Å². The van der Waals surface area contributed by atoms with Crippen LogP contribution in [0, 0.1) is 6.92 Å². The van der Waals surface area contributed by atoms with Gasteiger partial charge in [-0.15, -0.1) is 0 Å². The summed E-state index contributed by atoms with van der Waals surface area (Å²) >= 11 is 0. The molecule has 128 valence electrons. The molecule has 1 aromatic rings. The number of carbonyl (C=O) groups excluding carboxylic acids is 1. The Labute approximate surface area is 132 Å². The number of halogens is 3. The van der Waals surface area contributed by atoms with Gasteiger partial charge in [-0.05, 0) is 25.5 Å². The number of sulfonamides is 1. The second-order valence-electron chi connectivity index (χ2n) is 5.47. The van der Waals surface area contributed by atoms with Crippen molar-refractivity contribution in [2.45, 2.75) is 36.9 Å². The zero-order valence-electron chi connectivity index (χ0n) is 12.4. The number of hydrogen-bond donors (Lipinski definition) is 1. The maximum absolute atomic E-state index is 13.1. The fraction of sp³-hybridized carbons (Fsp3) is 0.500. The van der Waals surface area contributed by atoms with Crippen molar-refractivity contribution in [2.24, 2.45) is 0 Å². The number of nitrogens with one attached hydrogen (secondary N) is 1. The fourth-order valence-corrected chi connectivity index (χ4v) is 3.51. The number of rotatable bonds is 5. The van der Waals surface area contributed by atoms with Gasteiger partial charge in [-0.2, -0.15) is 17.9 Å². The maximum atomic E-state index is 13.1. The third-order valence-corrected chi connectivity index (χ3v) is 5.09. The molecule has 1 heterocycles. The highest BCUT2D eigenvalue weighted by Gasteiger charge is 2.44. The van der Waals surface area contributed by atoms with E-state index in [4.69, 9.17) is 0 Å². The molecule has 1 amide bonds. The Morgan fingerprint density at radius 2 is 1.87 bits per heavy atom. The molecule has 0 bridgehead atoms. The van der Waals surface area contributed by atoms with Crippen LogP contribution in [0.4, 0.5) is 13.2 Å². The predicted octanol–water partition coefficient (Wildman–Crippen LogP) is 1.83. The Bertz CT molecular complexity index is 672. The van der Waals surface area contributed by atoms with Gasteiger partial charge in [0.25, 0.3) is 0 Å². The molecular weight excluding hydrogens is 333 g/mol. The number of alkyl halides is 3. The van der Waals surface area contributed by atoms with Gasteiger partial charge in [-0.25, -0.2) is 8.42 Å². The van der Waals surface area contributed by atoms with E-state index in [0.29, 0.717) is 6.42 Å². The topological polar surface area (TPSA) is 66.5 Å². The Kier molecular flexibility index (Phi) is 5.00. The summed E-state index contributed by atoms with van der Waals surface area (Å²) in [5, 5.41) is 0. The van der Waals surface area contributed by atoms with Gasteiger partial charge in [0.2, 0.25) is 15.9 Å². The molecular formula is C14H17F3N2O3S. The second-order valence-corrected chi connectivity index (χ2v) is 7.19. The van der Waals surface area contributed by atoms with Crippen molar-refractivity contribution >= 4 is 15.9 Å². The monoisotopic (exact) mass is 350 g/mol. The molecule has 1 aliphatic heterocycles. The van der Waals surface area contributed by atoms with Crippen LogP contribution in [0.3, 0.4) is 0 Å². The van der Waals surface area contributed by atoms with E-state index >= 15 is 0 Å². The average molecular weight is 350 g/mol. The van der Waals surface area contributed by atoms with Gasteiger partial charge in [0.15, 0.2) is 0 Å². The molecule has 0 aromatic heterocycles. The molecule has 9 heteroatoms. The number of likely N-dealkylation sites (tertiary alicyclic amines) is 1. The number of amides is 1. The van der Waals surface area contributed by atoms with Gasteiger partial charge in [-0.1, -0.05) is 17.7 Å². The van der Waals surface area contributed by atoms with Gasteiger partial charge in [0.1, 0.15) is 6.04 Å². The van der Waals surface area contributed by atoms with E-state index in [1.165, 1.54) is 24.3 Å². The molecule has 1 saturated heterocycles. The third-order valence-electron chi connectivity index (χ3n) is 3.60. The standard InChI is InChI=1S/C14H17F3N2O3S/c1-10-4-6-11(7-5-10)23(21,22)18-12(14(15,16)17)9-19-8-2-3-13(19)20/h4-7,12,18H,2-3,8-9H2,1H3. The van der Waals surface area contributed by atoms with Crippen LogP contribution in [0.2, 0.25) is 0 Å². The lowest BCUT2D eigenvalue weighted by Gasteiger charge is -2.26. The first-order valence-corrected chi connectivity index (χ1v) is 8.51. The lowest BCUT2D eigenvalue weighted by atomic mass is 10.2. The van der Waals surface area contributed by atoms with E-state index in [1.807, 2.05) is 0 Å². The van der Waals surface area contributed by atoms with Crippen molar-refractivity contribution in [2.75, 3.05) is 13.1 Å². The smallest absolute Gasteiger partial charge is 0.341 e. The minimum atomic E-state index is -4.79. The summed E-state index contributed by atoms with van der Waals surface area (Å²) in [5.74, 6) is -0.395. The van der Waals surface area contributed by atoms with E-state index in [9.17, 15) is 26.4 Å². The molecule has 23 heavy (non-hydrogen) atoms. The zero-order chi connectivity index (χ0) is 17.3. The van der Waals surface area contributed by atoms with Crippen molar-refractivity contribution < 1.29 is 26.4 Å². The lowest BCUT2D eigenvalue weighted by molar-refractivity contribution is -0.157. The molecule has 1 aromatic carbocycles. The minimum Gasteiger partial charge on any atom is -0.341 e. The van der Waals surface area contributed by atoms with Crippen molar-refractivity contribution in [1.29, 1.82) is 0 Å². The summed E-state index contributed by atoms with van der Waals surface area (Å²) in [7, 11) is -4.33. The SMILES string of the molecule is Cc1ccc(S(=O)(=O)NC(CN2CCCC2=O)C(F)(F)F)cc1. The lowest BCUT2D eigenvalue weighted by Crippen LogP contribution is -2.52. The Hall–Kier alpha value is -1.61. The van der Waals surface area contributed by atoms with E-state index in [2.05, 4.69) is 0 Å². The molecule has 1 aliphatic rings. The summed E-state index contributed by atoms with van der Waals surface area (Å²) in [5.41, 5.74) is 0.791. The third kappa shape index (κ3) is 4.44. The highest BCUT2D eigenvalue weighted by Crippen LogP contribution is 2.24. The quantitative estimate of drug-likeness (QED) is 0.881. The van der Waals surface area contributed by atoms with E-state index in [0.717, 1.165) is 10.5 Å². The largest absolute Gasteiger partial charge is 0.406 e. The Balaban J connectivity index is 2.19. The molecule has 1 fully saturated rings. The average Bonchev–Trinajstić information content (AvgIpc) is 2.83. The number of benzene rings is 1. The highest BCUT2D eigenvalue weighted by molar-refractivity contribution is 7.89. The van der Waals surface area contributed by atoms with Crippen LogP contribution in [0.1, 0.15) is 18.4 Å². The summed E-state index contributed by atoms with van der Waals surface area (Å²) in [6, 6.07) is 3.15. The van der Waals surface area contributed by atoms with Crippen LogP contribution in [0.15, 0.2) is 29.2 Å². The second kappa shape index (κ2) is 6.48. The fourth-order valence-electron chi connectivity index (χ4n) is 2.30. The summed E-state index contributed by atoms with van der Waals surface area (Å²) in [6.45, 7) is 1.23. The van der Waals surface area contributed by atoms with E-state index < -0.39 is 34.7 Å². The number of hydrogen-bond acceptors (Lipinski definition) is 3. The Morgan fingerprint density at radius 1 is 1.26 bits per heavy atom. The molecule has 1 unspecified atom stereocenters. The van der Waals surface area contributed by atoms with E-state index in [1.54, 1.807) is 11.6 Å². The molecule has 5 nitrogen and oxygen atoms in total. The molecule has 1 N–H and O–H groups in total. The maximum Gasteiger partial charge on any atom is 0.406 e. The zero-order valence-corrected chi connectivity index (χ0v) is 13.2. The predicted molar refractivity (Wildman–Crippen MR) is 77.2 cm³/mol. The van der Waals surface area contributed by atoms with Crippen molar-refractivity contribution in [3.05, 3.63) is 29.8 Å². The van der Waals surface area contributed by atoms with Gasteiger partial charge in [0.05, 0.1) is 4.90 Å². The molecule has 0 spiro atoms. The summed E-state index contributed by atoms with van der Waals surface area (Å²) < 4.78 is 65.4. The molecule has 0 aliphatic carbocycles. The minimum absolute atomic E-state index is 0.190. The van der Waals surface area contributed by atoms with Crippen molar-refractivity contribution in [1.82, 2.24) is 9.62 Å². The molecule has 0 saturated carbocycles. The number of nitrogens with zero attached hydrogens (tertiary/aromatic N) is 1. The molecule has 0 radical (unpaired) electrons. The van der Waals surface area contributed by atoms with Crippen molar-refractivity contribution in [3.8, 4) is 0 Å². The van der Waals surface area contributed by atoms with Gasteiger partial charge >= 0.3 is 6.18 Å². The first kappa shape index (κ1) is 17.7. The summed E-state index contributed by atoms with van der Waals surface area (Å²) in [4.78, 5) is 12.3. The van der Waals surface area contributed by atoms with Crippen LogP contribution in [-0.4, -0.2) is 44.5 Å². The van der Waals surface area contributed by atoms with Crippen LogP contribution < -0.4 is 4.72 Å². The first-order chi connectivity index (χ1) is 10.6. The van der Waals surface area contributed by atoms with Gasteiger partial charge < -0.3 is 4.90 Å². The van der Waals surface area contributed by atoms with Gasteiger partial charge in [-0.3, -0.25) is 4.79 Å².